The number of hydrogen-bond donors (Lipinski definition) is 0. The van der Waals surface area contributed by atoms with Gasteiger partial charge in [0.05, 0.1) is 0 Å². The van der Waals surface area contributed by atoms with Crippen LogP contribution in [0.15, 0.2) is 49.0 Å². The van der Waals surface area contributed by atoms with Crippen molar-refractivity contribution in [2.24, 2.45) is 0 Å². The molecular formula is C19H22. The molecule has 2 rings (SSSR count). The van der Waals surface area contributed by atoms with E-state index in [-0.39, 0.29) is 0 Å². The van der Waals surface area contributed by atoms with E-state index in [1.54, 1.807) is 0 Å². The molecule has 0 radical (unpaired) electrons. The molecule has 0 nitrogen and oxygen atoms in total. The average Bonchev–Trinajstić information content (AvgIpc) is 2.42. The Morgan fingerprint density at radius 2 is 1.63 bits per heavy atom. The van der Waals surface area contributed by atoms with Crippen molar-refractivity contribution in [3.8, 4) is 0 Å². The maximum absolute atomic E-state index is 4.34. The molecule has 0 aliphatic heterocycles. The van der Waals surface area contributed by atoms with Gasteiger partial charge in [-0.05, 0) is 53.7 Å². The summed E-state index contributed by atoms with van der Waals surface area (Å²) in [7, 11) is 0. The molecule has 98 valence electrons. The van der Waals surface area contributed by atoms with Crippen LogP contribution in [0.25, 0.3) is 5.57 Å². The molecule has 0 spiro atoms. The highest BCUT2D eigenvalue weighted by atomic mass is 14.1. The first-order chi connectivity index (χ1) is 9.15. The molecule has 0 heterocycles. The fourth-order valence-corrected chi connectivity index (χ4v) is 2.53. The van der Waals surface area contributed by atoms with Gasteiger partial charge in [-0.25, -0.2) is 0 Å². The van der Waals surface area contributed by atoms with E-state index in [4.69, 9.17) is 0 Å². The van der Waals surface area contributed by atoms with Crippen molar-refractivity contribution in [2.75, 3.05) is 0 Å². The van der Waals surface area contributed by atoms with E-state index >= 15 is 0 Å². The van der Waals surface area contributed by atoms with Crippen molar-refractivity contribution in [3.63, 3.8) is 0 Å². The van der Waals surface area contributed by atoms with Crippen LogP contribution < -0.4 is 0 Å². The Morgan fingerprint density at radius 1 is 0.947 bits per heavy atom. The topological polar surface area (TPSA) is 0 Å². The summed E-state index contributed by atoms with van der Waals surface area (Å²) in [6, 6.07) is 15.1. The lowest BCUT2D eigenvalue weighted by atomic mass is 9.90. The molecule has 0 aliphatic carbocycles. The van der Waals surface area contributed by atoms with Gasteiger partial charge in [-0.3, -0.25) is 0 Å². The molecule has 2 aromatic rings. The molecule has 0 unspecified atom stereocenters. The third-order valence-electron chi connectivity index (χ3n) is 3.79. The van der Waals surface area contributed by atoms with Gasteiger partial charge in [-0.1, -0.05) is 62.4 Å². The van der Waals surface area contributed by atoms with Crippen molar-refractivity contribution < 1.29 is 0 Å². The molecule has 0 N–H and O–H groups in total. The van der Waals surface area contributed by atoms with Gasteiger partial charge in [-0.15, -0.1) is 0 Å². The summed E-state index contributed by atoms with van der Waals surface area (Å²) in [5, 5.41) is 0. The molecule has 0 atom stereocenters. The minimum Gasteiger partial charge on any atom is -0.0905 e. The van der Waals surface area contributed by atoms with Crippen molar-refractivity contribution >= 4 is 5.57 Å². The Hall–Kier alpha value is -1.82. The van der Waals surface area contributed by atoms with Gasteiger partial charge in [-0.2, -0.15) is 0 Å². The Labute approximate surface area is 116 Å². The van der Waals surface area contributed by atoms with E-state index in [0.29, 0.717) is 0 Å². The quantitative estimate of drug-likeness (QED) is 0.689. The Bertz CT molecular complexity index is 591. The van der Waals surface area contributed by atoms with Crippen LogP contribution in [0.3, 0.4) is 0 Å². The van der Waals surface area contributed by atoms with Crippen molar-refractivity contribution in [2.45, 2.75) is 33.6 Å². The summed E-state index contributed by atoms with van der Waals surface area (Å²) in [6.45, 7) is 10.9. The lowest BCUT2D eigenvalue weighted by molar-refractivity contribution is 0.918. The summed E-state index contributed by atoms with van der Waals surface area (Å²) in [5.41, 5.74) is 7.76. The van der Waals surface area contributed by atoms with E-state index in [0.717, 1.165) is 18.4 Å². The third-order valence-corrected chi connectivity index (χ3v) is 3.79. The summed E-state index contributed by atoms with van der Waals surface area (Å²) >= 11 is 0. The van der Waals surface area contributed by atoms with Crippen LogP contribution in [0, 0.1) is 13.8 Å². The van der Waals surface area contributed by atoms with E-state index < -0.39 is 0 Å². The van der Waals surface area contributed by atoms with Gasteiger partial charge in [0.2, 0.25) is 0 Å². The van der Waals surface area contributed by atoms with Gasteiger partial charge >= 0.3 is 0 Å². The Morgan fingerprint density at radius 3 is 2.37 bits per heavy atom. The molecule has 2 aromatic carbocycles. The predicted molar refractivity (Wildman–Crippen MR) is 84.5 cm³/mol. The van der Waals surface area contributed by atoms with Crippen LogP contribution in [-0.4, -0.2) is 0 Å². The summed E-state index contributed by atoms with van der Waals surface area (Å²) < 4.78 is 0. The van der Waals surface area contributed by atoms with Crippen LogP contribution in [0.2, 0.25) is 0 Å². The van der Waals surface area contributed by atoms with E-state index in [9.17, 15) is 0 Å². The standard InChI is InChI=1S/C19H22/c1-5-9-17-11-6-7-12-19(17)16(4)18-13-8-10-14(2)15(18)3/h6-8,10-13H,4-5,9H2,1-3H3. The second-order valence-electron chi connectivity index (χ2n) is 5.13. The van der Waals surface area contributed by atoms with Gasteiger partial charge in [0.1, 0.15) is 0 Å². The van der Waals surface area contributed by atoms with Crippen LogP contribution in [0.4, 0.5) is 0 Å². The van der Waals surface area contributed by atoms with Crippen LogP contribution in [-0.2, 0) is 6.42 Å². The summed E-state index contributed by atoms with van der Waals surface area (Å²) in [4.78, 5) is 0. The first-order valence-electron chi connectivity index (χ1n) is 6.99. The maximum atomic E-state index is 4.34. The van der Waals surface area contributed by atoms with Gasteiger partial charge in [0.25, 0.3) is 0 Å². The molecule has 0 saturated heterocycles. The highest BCUT2D eigenvalue weighted by Crippen LogP contribution is 2.28. The lowest BCUT2D eigenvalue weighted by Crippen LogP contribution is -1.97. The molecule has 0 fully saturated rings. The monoisotopic (exact) mass is 250 g/mol. The minimum atomic E-state index is 1.11. The first kappa shape index (κ1) is 13.6. The normalized spacial score (nSPS) is 10.5. The van der Waals surface area contributed by atoms with E-state index in [2.05, 4.69) is 69.8 Å². The zero-order valence-corrected chi connectivity index (χ0v) is 12.2. The minimum absolute atomic E-state index is 1.11. The molecule has 19 heavy (non-hydrogen) atoms. The number of benzene rings is 2. The molecule has 0 amide bonds. The van der Waals surface area contributed by atoms with Crippen molar-refractivity contribution in [1.82, 2.24) is 0 Å². The summed E-state index contributed by atoms with van der Waals surface area (Å²) in [5.74, 6) is 0. The maximum Gasteiger partial charge on any atom is -0.0152 e. The third kappa shape index (κ3) is 2.78. The first-order valence-corrected chi connectivity index (χ1v) is 6.99. The largest absolute Gasteiger partial charge is 0.0905 e. The lowest BCUT2D eigenvalue weighted by Gasteiger charge is -2.15. The van der Waals surface area contributed by atoms with Crippen molar-refractivity contribution in [3.05, 3.63) is 76.9 Å². The molecule has 0 bridgehead atoms. The van der Waals surface area contributed by atoms with Crippen LogP contribution in [0.5, 0.6) is 0 Å². The number of hydrogen-bond acceptors (Lipinski definition) is 0. The van der Waals surface area contributed by atoms with Crippen LogP contribution >= 0.6 is 0 Å². The predicted octanol–water partition coefficient (Wildman–Crippen LogP) is 5.32. The van der Waals surface area contributed by atoms with Gasteiger partial charge in [0, 0.05) is 0 Å². The molecular weight excluding hydrogens is 228 g/mol. The van der Waals surface area contributed by atoms with Gasteiger partial charge < -0.3 is 0 Å². The fourth-order valence-electron chi connectivity index (χ4n) is 2.53. The number of rotatable bonds is 4. The second-order valence-corrected chi connectivity index (χ2v) is 5.13. The highest BCUT2D eigenvalue weighted by Gasteiger charge is 2.10. The average molecular weight is 250 g/mol. The molecule has 0 heteroatoms. The van der Waals surface area contributed by atoms with Crippen LogP contribution in [0.1, 0.15) is 41.2 Å². The fraction of sp³-hybridized carbons (Fsp3) is 0.263. The zero-order valence-electron chi connectivity index (χ0n) is 12.2. The molecule has 0 saturated carbocycles. The smallest absolute Gasteiger partial charge is 0.0152 e. The summed E-state index contributed by atoms with van der Waals surface area (Å²) in [6.07, 6.45) is 2.27. The SMILES string of the molecule is C=C(c1ccccc1CCC)c1cccc(C)c1C. The molecule has 0 aliphatic rings. The van der Waals surface area contributed by atoms with E-state index in [1.807, 2.05) is 0 Å². The van der Waals surface area contributed by atoms with Crippen molar-refractivity contribution in [1.29, 1.82) is 0 Å². The second kappa shape index (κ2) is 5.88. The zero-order chi connectivity index (χ0) is 13.8. The molecule has 0 aromatic heterocycles. The Balaban J connectivity index is 2.47. The number of aryl methyl sites for hydroxylation is 2. The highest BCUT2D eigenvalue weighted by molar-refractivity contribution is 5.81. The Kier molecular flexibility index (Phi) is 4.21. The van der Waals surface area contributed by atoms with Gasteiger partial charge in [0.15, 0.2) is 0 Å². The van der Waals surface area contributed by atoms with E-state index in [1.165, 1.54) is 27.8 Å².